The molecule has 0 radical (unpaired) electrons. The van der Waals surface area contributed by atoms with Crippen LogP contribution in [0.4, 0.5) is 13.2 Å². The van der Waals surface area contributed by atoms with Gasteiger partial charge in [-0.1, -0.05) is 18.2 Å². The molecular formula is C17H14F3NO3. The molecule has 0 saturated heterocycles. The van der Waals surface area contributed by atoms with Crippen molar-refractivity contribution in [2.45, 2.75) is 18.9 Å². The number of aliphatic carboxylic acids is 1. The summed E-state index contributed by atoms with van der Waals surface area (Å²) in [5.74, 6) is -4.48. The molecule has 0 aliphatic carbocycles. The van der Waals surface area contributed by atoms with E-state index in [9.17, 15) is 27.9 Å². The molecule has 0 heterocycles. The monoisotopic (exact) mass is 337 g/mol. The first kappa shape index (κ1) is 17.5. The molecule has 0 spiro atoms. The summed E-state index contributed by atoms with van der Waals surface area (Å²) in [5, 5.41) is 11.4. The maximum Gasteiger partial charge on any atom is 0.326 e. The van der Waals surface area contributed by atoms with Gasteiger partial charge in [0.2, 0.25) is 5.91 Å². The van der Waals surface area contributed by atoms with Crippen molar-refractivity contribution < 1.29 is 27.9 Å². The van der Waals surface area contributed by atoms with E-state index in [-0.39, 0.29) is 6.42 Å². The van der Waals surface area contributed by atoms with Crippen LogP contribution < -0.4 is 5.32 Å². The van der Waals surface area contributed by atoms with Crippen molar-refractivity contribution in [1.82, 2.24) is 5.32 Å². The Bertz CT molecular complexity index is 744. The fourth-order valence-corrected chi connectivity index (χ4v) is 2.21. The molecule has 0 aromatic heterocycles. The number of hydrogen-bond donors (Lipinski definition) is 2. The number of carboxylic acids is 1. The molecular weight excluding hydrogens is 323 g/mol. The van der Waals surface area contributed by atoms with Gasteiger partial charge in [0.05, 0.1) is 6.42 Å². The van der Waals surface area contributed by atoms with E-state index in [0.29, 0.717) is 5.56 Å². The third-order valence-corrected chi connectivity index (χ3v) is 3.36. The Kier molecular flexibility index (Phi) is 5.57. The summed E-state index contributed by atoms with van der Waals surface area (Å²) in [6, 6.07) is 7.13. The van der Waals surface area contributed by atoms with Gasteiger partial charge in [-0.05, 0) is 29.8 Å². The molecule has 4 nitrogen and oxygen atoms in total. The Hall–Kier alpha value is -2.83. The van der Waals surface area contributed by atoms with Crippen molar-refractivity contribution in [2.75, 3.05) is 0 Å². The summed E-state index contributed by atoms with van der Waals surface area (Å²) in [5.41, 5.74) is -0.0651. The lowest BCUT2D eigenvalue weighted by atomic mass is 10.0. The Morgan fingerprint density at radius 3 is 2.25 bits per heavy atom. The van der Waals surface area contributed by atoms with E-state index >= 15 is 0 Å². The second-order valence-corrected chi connectivity index (χ2v) is 5.17. The molecule has 2 rings (SSSR count). The first-order valence-corrected chi connectivity index (χ1v) is 7.06. The first-order chi connectivity index (χ1) is 11.4. The van der Waals surface area contributed by atoms with Crippen molar-refractivity contribution in [1.29, 1.82) is 0 Å². The van der Waals surface area contributed by atoms with Crippen LogP contribution in [0, 0.1) is 17.5 Å². The SMILES string of the molecule is O=C(Cc1c(F)cccc1F)N[C@H](Cc1cccc(F)c1)C(=O)O. The van der Waals surface area contributed by atoms with Crippen LogP contribution >= 0.6 is 0 Å². The molecule has 0 saturated carbocycles. The van der Waals surface area contributed by atoms with E-state index in [1.807, 2.05) is 0 Å². The minimum Gasteiger partial charge on any atom is -0.480 e. The fraction of sp³-hybridized carbons (Fsp3) is 0.176. The third kappa shape index (κ3) is 4.58. The van der Waals surface area contributed by atoms with Gasteiger partial charge >= 0.3 is 5.97 Å². The average Bonchev–Trinajstić information content (AvgIpc) is 2.50. The van der Waals surface area contributed by atoms with E-state index in [4.69, 9.17) is 0 Å². The maximum absolute atomic E-state index is 13.5. The number of halogens is 3. The molecule has 0 fully saturated rings. The summed E-state index contributed by atoms with van der Waals surface area (Å²) < 4.78 is 40.2. The van der Waals surface area contributed by atoms with Crippen LogP contribution in [0.5, 0.6) is 0 Å². The van der Waals surface area contributed by atoms with E-state index < -0.39 is 47.4 Å². The molecule has 0 aliphatic rings. The van der Waals surface area contributed by atoms with Crippen LogP contribution in [-0.4, -0.2) is 23.0 Å². The highest BCUT2D eigenvalue weighted by atomic mass is 19.1. The first-order valence-electron chi connectivity index (χ1n) is 7.06. The van der Waals surface area contributed by atoms with Gasteiger partial charge in [0.15, 0.2) is 0 Å². The Balaban J connectivity index is 2.07. The zero-order valence-corrected chi connectivity index (χ0v) is 12.4. The van der Waals surface area contributed by atoms with Gasteiger partial charge in [0.25, 0.3) is 0 Å². The van der Waals surface area contributed by atoms with Crippen molar-refractivity contribution >= 4 is 11.9 Å². The highest BCUT2D eigenvalue weighted by Crippen LogP contribution is 2.13. The zero-order chi connectivity index (χ0) is 17.7. The zero-order valence-electron chi connectivity index (χ0n) is 12.4. The summed E-state index contributed by atoms with van der Waals surface area (Å²) in [6.45, 7) is 0. The van der Waals surface area contributed by atoms with E-state index in [2.05, 4.69) is 5.32 Å². The molecule has 0 aliphatic heterocycles. The average molecular weight is 337 g/mol. The van der Waals surface area contributed by atoms with Gasteiger partial charge < -0.3 is 10.4 Å². The molecule has 2 N–H and O–H groups in total. The summed E-state index contributed by atoms with van der Waals surface area (Å²) in [7, 11) is 0. The second kappa shape index (κ2) is 7.63. The summed E-state index contributed by atoms with van der Waals surface area (Å²) >= 11 is 0. The third-order valence-electron chi connectivity index (χ3n) is 3.36. The molecule has 7 heteroatoms. The quantitative estimate of drug-likeness (QED) is 0.851. The van der Waals surface area contributed by atoms with Gasteiger partial charge in [0, 0.05) is 12.0 Å². The van der Waals surface area contributed by atoms with E-state index in [1.54, 1.807) is 0 Å². The second-order valence-electron chi connectivity index (χ2n) is 5.17. The molecule has 0 bridgehead atoms. The Morgan fingerprint density at radius 1 is 1.04 bits per heavy atom. The lowest BCUT2D eigenvalue weighted by molar-refractivity contribution is -0.141. The van der Waals surface area contributed by atoms with Gasteiger partial charge in [-0.3, -0.25) is 4.79 Å². The predicted octanol–water partition coefficient (Wildman–Crippen LogP) is 2.46. The number of benzene rings is 2. The van der Waals surface area contributed by atoms with Crippen molar-refractivity contribution in [2.24, 2.45) is 0 Å². The minimum absolute atomic E-state index is 0.154. The molecule has 1 amide bonds. The van der Waals surface area contributed by atoms with Gasteiger partial charge in [0.1, 0.15) is 23.5 Å². The molecule has 1 atom stereocenters. The lowest BCUT2D eigenvalue weighted by Crippen LogP contribution is -2.43. The van der Waals surface area contributed by atoms with Crippen LogP contribution in [0.25, 0.3) is 0 Å². The van der Waals surface area contributed by atoms with E-state index in [1.165, 1.54) is 18.2 Å². The van der Waals surface area contributed by atoms with Crippen molar-refractivity contribution in [3.8, 4) is 0 Å². The van der Waals surface area contributed by atoms with Crippen molar-refractivity contribution in [3.05, 3.63) is 71.0 Å². The predicted molar refractivity (Wildman–Crippen MR) is 79.7 cm³/mol. The number of carboxylic acid groups (broad SMARTS) is 1. The van der Waals surface area contributed by atoms with Crippen molar-refractivity contribution in [3.63, 3.8) is 0 Å². The van der Waals surface area contributed by atoms with Crippen LogP contribution in [-0.2, 0) is 22.4 Å². The molecule has 126 valence electrons. The highest BCUT2D eigenvalue weighted by Gasteiger charge is 2.22. The van der Waals surface area contributed by atoms with Gasteiger partial charge in [-0.15, -0.1) is 0 Å². The lowest BCUT2D eigenvalue weighted by Gasteiger charge is -2.15. The van der Waals surface area contributed by atoms with Crippen LogP contribution in [0.3, 0.4) is 0 Å². The smallest absolute Gasteiger partial charge is 0.326 e. The van der Waals surface area contributed by atoms with Gasteiger partial charge in [-0.2, -0.15) is 0 Å². The standard InChI is InChI=1S/C17H14F3NO3/c18-11-4-1-3-10(7-11)8-15(17(23)24)21-16(22)9-12-13(19)5-2-6-14(12)20/h1-7,15H,8-9H2,(H,21,22)(H,23,24)/t15-/m1/s1. The van der Waals surface area contributed by atoms with E-state index in [0.717, 1.165) is 24.3 Å². The Morgan fingerprint density at radius 2 is 1.67 bits per heavy atom. The number of nitrogens with one attached hydrogen (secondary N) is 1. The number of rotatable bonds is 6. The molecule has 2 aromatic rings. The highest BCUT2D eigenvalue weighted by molar-refractivity contribution is 5.85. The number of carbonyl (C=O) groups is 2. The number of hydrogen-bond acceptors (Lipinski definition) is 2. The van der Waals surface area contributed by atoms with Crippen LogP contribution in [0.15, 0.2) is 42.5 Å². The number of carbonyl (C=O) groups excluding carboxylic acids is 1. The molecule has 24 heavy (non-hydrogen) atoms. The van der Waals surface area contributed by atoms with Crippen LogP contribution in [0.1, 0.15) is 11.1 Å². The van der Waals surface area contributed by atoms with Gasteiger partial charge in [-0.25, -0.2) is 18.0 Å². The molecule has 2 aromatic carbocycles. The number of amides is 1. The fourth-order valence-electron chi connectivity index (χ4n) is 2.21. The van der Waals surface area contributed by atoms with Crippen LogP contribution in [0.2, 0.25) is 0 Å². The largest absolute Gasteiger partial charge is 0.480 e. The Labute approximate surface area is 135 Å². The summed E-state index contributed by atoms with van der Waals surface area (Å²) in [6.07, 6.45) is -0.788. The minimum atomic E-state index is -1.34. The topological polar surface area (TPSA) is 66.4 Å². The normalized spacial score (nSPS) is 11.8. The molecule has 0 unspecified atom stereocenters. The maximum atomic E-state index is 13.5. The summed E-state index contributed by atoms with van der Waals surface area (Å²) in [4.78, 5) is 23.2.